The summed E-state index contributed by atoms with van der Waals surface area (Å²) in [5.41, 5.74) is 0. The van der Waals surface area contributed by atoms with Crippen LogP contribution in [0.15, 0.2) is 0 Å². The van der Waals surface area contributed by atoms with Crippen LogP contribution in [0.1, 0.15) is 46.0 Å². The molecule has 3 nitrogen and oxygen atoms in total. The van der Waals surface area contributed by atoms with E-state index in [2.05, 4.69) is 19.2 Å². The van der Waals surface area contributed by atoms with Gasteiger partial charge in [0.25, 0.3) is 0 Å². The summed E-state index contributed by atoms with van der Waals surface area (Å²) in [5, 5.41) is 2.90. The first kappa shape index (κ1) is 13.3. The molecule has 0 saturated carbocycles. The molecule has 84 valence electrons. The first-order valence-corrected chi connectivity index (χ1v) is 5.71. The number of hydrogen-bond donors (Lipinski definition) is 1. The lowest BCUT2D eigenvalue weighted by molar-refractivity contribution is 0.208. The number of nitrogens with zero attached hydrogens (tertiary/aromatic N) is 1. The molecule has 0 aliphatic rings. The van der Waals surface area contributed by atoms with Gasteiger partial charge in [0.15, 0.2) is 0 Å². The fraction of sp³-hybridized carbons (Fsp3) is 0.909. The van der Waals surface area contributed by atoms with Crippen LogP contribution in [0.5, 0.6) is 0 Å². The van der Waals surface area contributed by atoms with Gasteiger partial charge in [-0.15, -0.1) is 0 Å². The van der Waals surface area contributed by atoms with Crippen LogP contribution in [0, 0.1) is 0 Å². The fourth-order valence-electron chi connectivity index (χ4n) is 1.21. The third kappa shape index (κ3) is 6.75. The SMILES string of the molecule is CCCCCN(C)C(=O)NCCCC. The highest BCUT2D eigenvalue weighted by Crippen LogP contribution is 1.96. The third-order valence-electron chi connectivity index (χ3n) is 2.25. The lowest BCUT2D eigenvalue weighted by atomic mass is 10.2. The zero-order valence-electron chi connectivity index (χ0n) is 9.81. The smallest absolute Gasteiger partial charge is 0.317 e. The predicted molar refractivity (Wildman–Crippen MR) is 60.5 cm³/mol. The van der Waals surface area contributed by atoms with Crippen LogP contribution in [-0.2, 0) is 0 Å². The molecule has 3 heteroatoms. The summed E-state index contributed by atoms with van der Waals surface area (Å²) in [4.78, 5) is 13.2. The van der Waals surface area contributed by atoms with Crippen molar-refractivity contribution in [2.24, 2.45) is 0 Å². The molecule has 0 rings (SSSR count). The molecule has 0 aliphatic heterocycles. The molecule has 0 radical (unpaired) electrons. The number of carbonyl (C=O) groups is 1. The lowest BCUT2D eigenvalue weighted by Crippen LogP contribution is -2.38. The summed E-state index contributed by atoms with van der Waals surface area (Å²) in [7, 11) is 1.86. The summed E-state index contributed by atoms with van der Waals surface area (Å²) >= 11 is 0. The van der Waals surface area contributed by atoms with Gasteiger partial charge in [0.2, 0.25) is 0 Å². The lowest BCUT2D eigenvalue weighted by Gasteiger charge is -2.17. The van der Waals surface area contributed by atoms with Crippen molar-refractivity contribution in [3.05, 3.63) is 0 Å². The Morgan fingerprint density at radius 2 is 1.79 bits per heavy atom. The molecule has 0 fully saturated rings. The maximum atomic E-state index is 11.4. The van der Waals surface area contributed by atoms with Gasteiger partial charge in [-0.1, -0.05) is 33.1 Å². The molecule has 1 N–H and O–H groups in total. The van der Waals surface area contributed by atoms with Crippen LogP contribution in [0.25, 0.3) is 0 Å². The number of hydrogen-bond acceptors (Lipinski definition) is 1. The Bertz CT molecular complexity index is 148. The Balaban J connectivity index is 3.44. The monoisotopic (exact) mass is 200 g/mol. The second-order valence-electron chi connectivity index (χ2n) is 3.71. The number of nitrogens with one attached hydrogen (secondary N) is 1. The molecule has 0 spiro atoms. The number of amides is 2. The molecular weight excluding hydrogens is 176 g/mol. The Labute approximate surface area is 87.9 Å². The molecule has 0 unspecified atom stereocenters. The highest BCUT2D eigenvalue weighted by molar-refractivity contribution is 5.73. The molecule has 14 heavy (non-hydrogen) atoms. The van der Waals surface area contributed by atoms with Crippen molar-refractivity contribution in [1.29, 1.82) is 0 Å². The fourth-order valence-corrected chi connectivity index (χ4v) is 1.21. The minimum atomic E-state index is 0.0644. The summed E-state index contributed by atoms with van der Waals surface area (Å²) in [6.45, 7) is 5.96. The van der Waals surface area contributed by atoms with E-state index in [1.54, 1.807) is 4.90 Å². The third-order valence-corrected chi connectivity index (χ3v) is 2.25. The zero-order chi connectivity index (χ0) is 10.8. The van der Waals surface area contributed by atoms with Gasteiger partial charge < -0.3 is 10.2 Å². The van der Waals surface area contributed by atoms with Gasteiger partial charge >= 0.3 is 6.03 Å². The van der Waals surface area contributed by atoms with Crippen LogP contribution in [0.2, 0.25) is 0 Å². The molecule has 0 saturated heterocycles. The summed E-state index contributed by atoms with van der Waals surface area (Å²) in [6.07, 6.45) is 5.69. The highest BCUT2D eigenvalue weighted by Gasteiger charge is 2.05. The second kappa shape index (κ2) is 8.85. The Morgan fingerprint density at radius 1 is 1.14 bits per heavy atom. The molecule has 0 aromatic rings. The van der Waals surface area contributed by atoms with Crippen molar-refractivity contribution in [2.45, 2.75) is 46.0 Å². The van der Waals surface area contributed by atoms with Crippen molar-refractivity contribution < 1.29 is 4.79 Å². The van der Waals surface area contributed by atoms with Crippen molar-refractivity contribution in [3.63, 3.8) is 0 Å². The average Bonchev–Trinajstić information content (AvgIpc) is 2.18. The number of carbonyl (C=O) groups excluding carboxylic acids is 1. The van der Waals surface area contributed by atoms with Gasteiger partial charge in [-0.25, -0.2) is 4.79 Å². The van der Waals surface area contributed by atoms with Gasteiger partial charge in [0.05, 0.1) is 0 Å². The Hall–Kier alpha value is -0.730. The normalized spacial score (nSPS) is 9.93. The van der Waals surface area contributed by atoms with E-state index in [0.717, 1.165) is 32.4 Å². The zero-order valence-corrected chi connectivity index (χ0v) is 9.81. The van der Waals surface area contributed by atoms with Crippen molar-refractivity contribution in [1.82, 2.24) is 10.2 Å². The van der Waals surface area contributed by atoms with Gasteiger partial charge in [-0.3, -0.25) is 0 Å². The summed E-state index contributed by atoms with van der Waals surface area (Å²) in [6, 6.07) is 0.0644. The van der Waals surface area contributed by atoms with E-state index in [4.69, 9.17) is 0 Å². The van der Waals surface area contributed by atoms with Gasteiger partial charge in [-0.05, 0) is 12.8 Å². The highest BCUT2D eigenvalue weighted by atomic mass is 16.2. The first-order valence-electron chi connectivity index (χ1n) is 5.71. The van der Waals surface area contributed by atoms with Crippen LogP contribution in [0.4, 0.5) is 4.79 Å². The maximum absolute atomic E-state index is 11.4. The number of unbranched alkanes of at least 4 members (excludes halogenated alkanes) is 3. The van der Waals surface area contributed by atoms with E-state index < -0.39 is 0 Å². The number of urea groups is 1. The van der Waals surface area contributed by atoms with Crippen LogP contribution in [-0.4, -0.2) is 31.1 Å². The topological polar surface area (TPSA) is 32.3 Å². The minimum absolute atomic E-state index is 0.0644. The van der Waals surface area contributed by atoms with Crippen LogP contribution in [0.3, 0.4) is 0 Å². The predicted octanol–water partition coefficient (Wildman–Crippen LogP) is 2.62. The van der Waals surface area contributed by atoms with Crippen LogP contribution >= 0.6 is 0 Å². The number of rotatable bonds is 7. The van der Waals surface area contributed by atoms with Gasteiger partial charge in [-0.2, -0.15) is 0 Å². The Morgan fingerprint density at radius 3 is 2.36 bits per heavy atom. The van der Waals surface area contributed by atoms with E-state index in [-0.39, 0.29) is 6.03 Å². The average molecular weight is 200 g/mol. The molecular formula is C11H24N2O. The van der Waals surface area contributed by atoms with Crippen molar-refractivity contribution in [2.75, 3.05) is 20.1 Å². The molecule has 0 aliphatic carbocycles. The van der Waals surface area contributed by atoms with E-state index in [0.29, 0.717) is 0 Å². The van der Waals surface area contributed by atoms with Crippen LogP contribution < -0.4 is 5.32 Å². The van der Waals surface area contributed by atoms with Crippen molar-refractivity contribution in [3.8, 4) is 0 Å². The van der Waals surface area contributed by atoms with E-state index >= 15 is 0 Å². The molecule has 0 bridgehead atoms. The Kier molecular flexibility index (Phi) is 8.39. The molecule has 0 heterocycles. The minimum Gasteiger partial charge on any atom is -0.338 e. The van der Waals surface area contributed by atoms with E-state index in [9.17, 15) is 4.79 Å². The summed E-state index contributed by atoms with van der Waals surface area (Å²) < 4.78 is 0. The summed E-state index contributed by atoms with van der Waals surface area (Å²) in [5.74, 6) is 0. The van der Waals surface area contributed by atoms with Crippen molar-refractivity contribution >= 4 is 6.03 Å². The molecule has 0 aromatic heterocycles. The standard InChI is InChI=1S/C11H24N2O/c1-4-6-8-10-13(3)11(14)12-9-7-5-2/h4-10H2,1-3H3,(H,12,14). The largest absolute Gasteiger partial charge is 0.338 e. The molecule has 0 aromatic carbocycles. The van der Waals surface area contributed by atoms with Gasteiger partial charge in [0.1, 0.15) is 0 Å². The molecule has 2 amide bonds. The van der Waals surface area contributed by atoms with E-state index in [1.165, 1.54) is 12.8 Å². The van der Waals surface area contributed by atoms with E-state index in [1.807, 2.05) is 7.05 Å². The molecule has 0 atom stereocenters. The quantitative estimate of drug-likeness (QED) is 0.629. The first-order chi connectivity index (χ1) is 6.72. The second-order valence-corrected chi connectivity index (χ2v) is 3.71. The van der Waals surface area contributed by atoms with Gasteiger partial charge in [0, 0.05) is 20.1 Å². The maximum Gasteiger partial charge on any atom is 0.317 e.